The molecule has 1 amide bonds. The van der Waals surface area contributed by atoms with Crippen LogP contribution in [0.15, 0.2) is 48.0 Å². The van der Waals surface area contributed by atoms with Crippen LogP contribution in [0.3, 0.4) is 0 Å². The number of nitrogens with zero attached hydrogens (tertiary/aromatic N) is 3. The molecule has 1 N–H and O–H groups in total. The molecule has 0 aliphatic carbocycles. The first-order chi connectivity index (χ1) is 15.2. The Hall–Kier alpha value is -2.36. The number of thiazole rings is 2. The first-order valence-corrected chi connectivity index (χ1v) is 12.5. The number of carbonyl (C=O) groups excluding carboxylic acids is 1. The lowest BCUT2D eigenvalue weighted by Gasteiger charge is -2.22. The van der Waals surface area contributed by atoms with Crippen molar-refractivity contribution < 1.29 is 4.79 Å². The Morgan fingerprint density at radius 3 is 2.84 bits per heavy atom. The second kappa shape index (κ2) is 8.53. The minimum Gasteiger partial charge on any atom is -0.313 e. The lowest BCUT2D eigenvalue weighted by atomic mass is 10.0. The molecule has 0 saturated heterocycles. The molecule has 32 heavy (non-hydrogen) atoms. The van der Waals surface area contributed by atoms with Gasteiger partial charge in [-0.3, -0.25) is 4.79 Å². The minimum absolute atomic E-state index is 0. The fourth-order valence-corrected chi connectivity index (χ4v) is 7.15. The average Bonchev–Trinajstić information content (AvgIpc) is 3.48. The summed E-state index contributed by atoms with van der Waals surface area (Å²) in [6, 6.07) is 13.9. The number of likely N-dealkylation sites (N-methyl/N-ethyl adjacent to an activating group) is 1. The van der Waals surface area contributed by atoms with Gasteiger partial charge in [-0.15, -0.1) is 46.4 Å². The van der Waals surface area contributed by atoms with Crippen LogP contribution in [0.1, 0.15) is 20.8 Å². The second-order valence-electron chi connectivity index (χ2n) is 7.67. The van der Waals surface area contributed by atoms with Gasteiger partial charge < -0.3 is 10.2 Å². The van der Waals surface area contributed by atoms with Crippen LogP contribution in [0.25, 0.3) is 31.0 Å². The van der Waals surface area contributed by atoms with Crippen molar-refractivity contribution in [3.05, 3.63) is 64.0 Å². The van der Waals surface area contributed by atoms with Crippen molar-refractivity contribution in [1.82, 2.24) is 14.9 Å². The molecule has 5 nitrogen and oxygen atoms in total. The first kappa shape index (κ1) is 21.5. The number of thiophene rings is 1. The van der Waals surface area contributed by atoms with Gasteiger partial charge in [0.25, 0.3) is 5.91 Å². The molecule has 0 atom stereocenters. The van der Waals surface area contributed by atoms with Crippen LogP contribution in [-0.4, -0.2) is 34.4 Å². The third kappa shape index (κ3) is 3.72. The Morgan fingerprint density at radius 1 is 1.09 bits per heavy atom. The van der Waals surface area contributed by atoms with Crippen molar-refractivity contribution in [2.75, 3.05) is 18.9 Å². The summed E-state index contributed by atoms with van der Waals surface area (Å²) in [5.41, 5.74) is 6.81. The number of halogens is 1. The number of rotatable bonds is 3. The highest BCUT2D eigenvalue weighted by Crippen LogP contribution is 2.45. The molecule has 9 heteroatoms. The van der Waals surface area contributed by atoms with Gasteiger partial charge in [-0.05, 0) is 49.4 Å². The molecule has 5 aromatic rings. The van der Waals surface area contributed by atoms with Crippen LogP contribution in [0.5, 0.6) is 0 Å². The van der Waals surface area contributed by atoms with E-state index in [-0.39, 0.29) is 18.3 Å². The fourth-order valence-electron chi connectivity index (χ4n) is 4.00. The van der Waals surface area contributed by atoms with Gasteiger partial charge in [0.15, 0.2) is 0 Å². The van der Waals surface area contributed by atoms with E-state index in [1.165, 1.54) is 15.1 Å². The highest BCUT2D eigenvalue weighted by atomic mass is 35.5. The summed E-state index contributed by atoms with van der Waals surface area (Å²) in [4.78, 5) is 26.0. The Morgan fingerprint density at radius 2 is 1.97 bits per heavy atom. The van der Waals surface area contributed by atoms with Crippen molar-refractivity contribution in [2.45, 2.75) is 13.0 Å². The number of aromatic nitrogens is 2. The maximum atomic E-state index is 13.2. The van der Waals surface area contributed by atoms with Gasteiger partial charge >= 0.3 is 0 Å². The van der Waals surface area contributed by atoms with Gasteiger partial charge in [0.1, 0.15) is 10.0 Å². The van der Waals surface area contributed by atoms with Crippen molar-refractivity contribution >= 4 is 77.8 Å². The minimum atomic E-state index is -0.0930. The zero-order valence-electron chi connectivity index (χ0n) is 17.1. The normalized spacial score (nSPS) is 13.8. The number of para-hydroxylation sites is 1. The molecule has 1 aliphatic heterocycles. The van der Waals surface area contributed by atoms with E-state index in [4.69, 9.17) is 4.98 Å². The summed E-state index contributed by atoms with van der Waals surface area (Å²) >= 11 is 4.92. The van der Waals surface area contributed by atoms with Gasteiger partial charge in [0.2, 0.25) is 0 Å². The van der Waals surface area contributed by atoms with Crippen LogP contribution < -0.4 is 5.32 Å². The maximum absolute atomic E-state index is 13.2. The first-order valence-electron chi connectivity index (χ1n) is 9.99. The highest BCUT2D eigenvalue weighted by molar-refractivity contribution is 7.23. The summed E-state index contributed by atoms with van der Waals surface area (Å²) in [7, 11) is 2.14. The number of hydrogen-bond donors (Lipinski definition) is 1. The molecule has 0 saturated carbocycles. The fraction of sp³-hybridized carbons (Fsp3) is 0.174. The molecule has 0 radical (unpaired) electrons. The molecule has 4 heterocycles. The number of anilines is 1. The van der Waals surface area contributed by atoms with Gasteiger partial charge in [0.05, 0.1) is 25.9 Å². The molecule has 6 rings (SSSR count). The van der Waals surface area contributed by atoms with E-state index in [1.807, 2.05) is 36.4 Å². The van der Waals surface area contributed by atoms with Crippen molar-refractivity contribution in [3.8, 4) is 10.6 Å². The zero-order chi connectivity index (χ0) is 20.9. The summed E-state index contributed by atoms with van der Waals surface area (Å²) in [6.07, 6.45) is 0.969. The largest absolute Gasteiger partial charge is 0.313 e. The molecule has 0 spiro atoms. The Bertz CT molecular complexity index is 1420. The Kier molecular flexibility index (Phi) is 5.73. The number of carbonyl (C=O) groups is 1. The lowest BCUT2D eigenvalue weighted by molar-refractivity contribution is 0.102. The lowest BCUT2D eigenvalue weighted by Crippen LogP contribution is -2.25. The van der Waals surface area contributed by atoms with Crippen LogP contribution in [0, 0.1) is 0 Å². The molecule has 0 fully saturated rings. The summed E-state index contributed by atoms with van der Waals surface area (Å²) in [6.45, 7) is 1.91. The third-order valence-corrected chi connectivity index (χ3v) is 8.55. The molecular weight excluding hydrogens is 480 g/mol. The van der Waals surface area contributed by atoms with E-state index in [0.29, 0.717) is 5.56 Å². The van der Waals surface area contributed by atoms with E-state index in [2.05, 4.69) is 28.3 Å². The monoisotopic (exact) mass is 498 g/mol. The quantitative estimate of drug-likeness (QED) is 0.317. The Balaban J connectivity index is 0.00000216. The van der Waals surface area contributed by atoms with E-state index in [9.17, 15) is 4.79 Å². The van der Waals surface area contributed by atoms with Crippen LogP contribution >= 0.6 is 46.4 Å². The summed E-state index contributed by atoms with van der Waals surface area (Å²) in [5.74, 6) is -0.0930. The van der Waals surface area contributed by atoms with Crippen LogP contribution in [-0.2, 0) is 13.0 Å². The number of benzene rings is 2. The second-order valence-corrected chi connectivity index (χ2v) is 10.7. The topological polar surface area (TPSA) is 58.1 Å². The van der Waals surface area contributed by atoms with Gasteiger partial charge in [-0.1, -0.05) is 12.1 Å². The van der Waals surface area contributed by atoms with Gasteiger partial charge in [-0.2, -0.15) is 0 Å². The highest BCUT2D eigenvalue weighted by Gasteiger charge is 2.27. The van der Waals surface area contributed by atoms with Crippen LogP contribution in [0.4, 0.5) is 5.00 Å². The van der Waals surface area contributed by atoms with Crippen LogP contribution in [0.2, 0.25) is 0 Å². The maximum Gasteiger partial charge on any atom is 0.256 e. The van der Waals surface area contributed by atoms with E-state index < -0.39 is 0 Å². The van der Waals surface area contributed by atoms with Crippen molar-refractivity contribution in [2.24, 2.45) is 0 Å². The molecule has 3 aromatic heterocycles. The number of hydrogen-bond acceptors (Lipinski definition) is 7. The molecule has 0 unspecified atom stereocenters. The van der Waals surface area contributed by atoms with E-state index in [0.717, 1.165) is 50.8 Å². The predicted octanol–water partition coefficient (Wildman–Crippen LogP) is 6.30. The molecular formula is C23H19ClN4OS3. The van der Waals surface area contributed by atoms with Gasteiger partial charge in [0, 0.05) is 29.1 Å². The molecule has 2 aromatic carbocycles. The molecule has 162 valence electrons. The number of fused-ring (bicyclic) bond motifs is 3. The van der Waals surface area contributed by atoms with Crippen molar-refractivity contribution in [1.29, 1.82) is 0 Å². The number of nitrogens with one attached hydrogen (secondary N) is 1. The smallest absolute Gasteiger partial charge is 0.256 e. The zero-order valence-corrected chi connectivity index (χ0v) is 20.4. The number of amides is 1. The predicted molar refractivity (Wildman–Crippen MR) is 138 cm³/mol. The van der Waals surface area contributed by atoms with Crippen molar-refractivity contribution in [3.63, 3.8) is 0 Å². The summed E-state index contributed by atoms with van der Waals surface area (Å²) < 4.78 is 2.18. The standard InChI is InChI=1S/C23H18N4OS3.ClH/c1-27-9-8-14-19(11-27)31-23(20(14)22-25-16-4-2-3-5-17(16)30-22)26-21(28)13-6-7-15-18(10-13)29-12-24-15;/h2-7,10,12H,8-9,11H2,1H3,(H,26,28);1H. The SMILES string of the molecule is CN1CCc2c(sc(NC(=O)c3ccc4ncsc4c3)c2-c2nc3ccccc3s2)C1.Cl. The van der Waals surface area contributed by atoms with E-state index in [1.54, 1.807) is 39.5 Å². The summed E-state index contributed by atoms with van der Waals surface area (Å²) in [5, 5.41) is 5.09. The van der Waals surface area contributed by atoms with E-state index >= 15 is 0 Å². The molecule has 1 aliphatic rings. The Labute approximate surface area is 203 Å². The molecule has 0 bridgehead atoms. The average molecular weight is 499 g/mol. The van der Waals surface area contributed by atoms with Gasteiger partial charge in [-0.25, -0.2) is 9.97 Å². The third-order valence-electron chi connectivity index (χ3n) is 5.58.